The number of piperidine rings is 1. The summed E-state index contributed by atoms with van der Waals surface area (Å²) in [5.74, 6) is 2.09. The highest BCUT2D eigenvalue weighted by atomic mass is 32.2. The van der Waals surface area contributed by atoms with E-state index in [1.165, 1.54) is 32.4 Å². The Hall–Kier alpha value is -2.83. The van der Waals surface area contributed by atoms with E-state index in [1.807, 2.05) is 30.3 Å². The molecule has 2 atom stereocenters. The molecular formula is C27H29NO4S. The van der Waals surface area contributed by atoms with E-state index in [4.69, 9.17) is 9.47 Å². The van der Waals surface area contributed by atoms with E-state index in [0.29, 0.717) is 6.61 Å². The molecule has 3 aromatic carbocycles. The second-order valence-electron chi connectivity index (χ2n) is 8.62. The third kappa shape index (κ3) is 5.23. The molecule has 172 valence electrons. The maximum absolute atomic E-state index is 9.93. The lowest BCUT2D eigenvalue weighted by Gasteiger charge is -2.34. The van der Waals surface area contributed by atoms with Crippen LogP contribution < -0.4 is 9.47 Å². The van der Waals surface area contributed by atoms with Crippen molar-refractivity contribution in [1.82, 2.24) is 4.90 Å². The molecular weight excluding hydrogens is 434 g/mol. The minimum Gasteiger partial charge on any atom is -0.508 e. The molecule has 0 bridgehead atoms. The monoisotopic (exact) mass is 463 g/mol. The van der Waals surface area contributed by atoms with Crippen LogP contribution >= 0.6 is 11.8 Å². The first-order valence-electron chi connectivity index (χ1n) is 11.6. The van der Waals surface area contributed by atoms with Crippen LogP contribution in [-0.4, -0.2) is 41.4 Å². The third-order valence-electron chi connectivity index (χ3n) is 6.27. The van der Waals surface area contributed by atoms with Crippen molar-refractivity contribution in [3.8, 4) is 23.0 Å². The lowest BCUT2D eigenvalue weighted by Crippen LogP contribution is -2.33. The number of phenolic OH excluding ortho intramolecular Hbond substituents is 2. The highest BCUT2D eigenvalue weighted by molar-refractivity contribution is 7.99. The van der Waals surface area contributed by atoms with Gasteiger partial charge in [0.2, 0.25) is 0 Å². The Bertz CT molecular complexity index is 1060. The van der Waals surface area contributed by atoms with Crippen LogP contribution in [0.2, 0.25) is 0 Å². The molecule has 2 aliphatic rings. The summed E-state index contributed by atoms with van der Waals surface area (Å²) >= 11 is 1.66. The zero-order valence-corrected chi connectivity index (χ0v) is 19.3. The summed E-state index contributed by atoms with van der Waals surface area (Å²) in [6.07, 6.45) is 3.72. The maximum atomic E-state index is 9.93. The molecule has 5 rings (SSSR count). The summed E-state index contributed by atoms with van der Waals surface area (Å²) in [5.41, 5.74) is 2.11. The fraction of sp³-hybridized carbons (Fsp3) is 0.333. The molecule has 0 aliphatic carbocycles. The van der Waals surface area contributed by atoms with Crippen LogP contribution in [0.1, 0.15) is 41.7 Å². The standard InChI is InChI=1S/C27H29NO4S/c29-21-8-4-20(5-9-21)27-26(32-24-13-10-22(30)18-25(24)33-27)19-6-11-23(12-7-19)31-17-16-28-14-2-1-3-15-28/h4-13,18,26-27,29-30H,1-3,14-17H2/t26-,27-/m0/s1. The minimum atomic E-state index is -0.209. The molecule has 0 radical (unpaired) electrons. The van der Waals surface area contributed by atoms with Crippen LogP contribution in [-0.2, 0) is 0 Å². The maximum Gasteiger partial charge on any atom is 0.140 e. The van der Waals surface area contributed by atoms with Gasteiger partial charge in [-0.25, -0.2) is 0 Å². The van der Waals surface area contributed by atoms with Crippen LogP contribution in [0, 0.1) is 0 Å². The fourth-order valence-electron chi connectivity index (χ4n) is 4.46. The molecule has 6 heteroatoms. The van der Waals surface area contributed by atoms with Gasteiger partial charge >= 0.3 is 0 Å². The Morgan fingerprint density at radius 2 is 1.55 bits per heavy atom. The van der Waals surface area contributed by atoms with E-state index < -0.39 is 0 Å². The molecule has 33 heavy (non-hydrogen) atoms. The van der Waals surface area contributed by atoms with Crippen LogP contribution in [0.4, 0.5) is 0 Å². The van der Waals surface area contributed by atoms with E-state index in [9.17, 15) is 10.2 Å². The Morgan fingerprint density at radius 1 is 0.848 bits per heavy atom. The normalized spacial score (nSPS) is 20.6. The summed E-state index contributed by atoms with van der Waals surface area (Å²) in [6, 6.07) is 20.6. The Balaban J connectivity index is 1.32. The molecule has 2 heterocycles. The smallest absolute Gasteiger partial charge is 0.140 e. The summed E-state index contributed by atoms with van der Waals surface area (Å²) in [6.45, 7) is 4.02. The quantitative estimate of drug-likeness (QED) is 0.472. The van der Waals surface area contributed by atoms with Crippen molar-refractivity contribution in [1.29, 1.82) is 0 Å². The molecule has 3 aromatic rings. The molecule has 0 saturated carbocycles. The first-order valence-corrected chi connectivity index (χ1v) is 12.4. The zero-order valence-electron chi connectivity index (χ0n) is 18.5. The van der Waals surface area contributed by atoms with Gasteiger partial charge in [-0.3, -0.25) is 4.90 Å². The summed E-state index contributed by atoms with van der Waals surface area (Å²) in [4.78, 5) is 3.38. The molecule has 0 aromatic heterocycles. The molecule has 1 saturated heterocycles. The van der Waals surface area contributed by atoms with Crippen LogP contribution in [0.3, 0.4) is 0 Å². The van der Waals surface area contributed by atoms with Crippen LogP contribution in [0.15, 0.2) is 71.6 Å². The minimum absolute atomic E-state index is 0.0224. The van der Waals surface area contributed by atoms with E-state index >= 15 is 0 Å². The Kier molecular flexibility index (Phi) is 6.65. The Morgan fingerprint density at radius 3 is 2.30 bits per heavy atom. The van der Waals surface area contributed by atoms with Gasteiger partial charge in [-0.15, -0.1) is 11.8 Å². The number of nitrogens with zero attached hydrogens (tertiary/aromatic N) is 1. The second kappa shape index (κ2) is 9.98. The molecule has 2 N–H and O–H groups in total. The number of likely N-dealkylation sites (tertiary alicyclic amines) is 1. The average Bonchev–Trinajstić information content (AvgIpc) is 2.85. The number of benzene rings is 3. The van der Waals surface area contributed by atoms with Crippen molar-refractivity contribution in [3.63, 3.8) is 0 Å². The summed E-state index contributed by atoms with van der Waals surface area (Å²) in [5, 5.41) is 19.6. The van der Waals surface area contributed by atoms with Gasteiger partial charge in [0.05, 0.1) is 10.1 Å². The first kappa shape index (κ1) is 22.0. The van der Waals surface area contributed by atoms with Crippen molar-refractivity contribution in [2.24, 2.45) is 0 Å². The highest BCUT2D eigenvalue weighted by Gasteiger charge is 2.33. The number of fused-ring (bicyclic) bond motifs is 1. The van der Waals surface area contributed by atoms with Gasteiger partial charge in [0.25, 0.3) is 0 Å². The van der Waals surface area contributed by atoms with Crippen LogP contribution in [0.25, 0.3) is 0 Å². The van der Waals surface area contributed by atoms with Crippen LogP contribution in [0.5, 0.6) is 23.0 Å². The molecule has 2 aliphatic heterocycles. The van der Waals surface area contributed by atoms with Gasteiger partial charge in [0.1, 0.15) is 35.7 Å². The van der Waals surface area contributed by atoms with Gasteiger partial charge < -0.3 is 19.7 Å². The summed E-state index contributed by atoms with van der Waals surface area (Å²) in [7, 11) is 0. The van der Waals surface area contributed by atoms with Gasteiger partial charge in [0.15, 0.2) is 0 Å². The van der Waals surface area contributed by atoms with Crippen molar-refractivity contribution >= 4 is 11.8 Å². The zero-order chi connectivity index (χ0) is 22.6. The second-order valence-corrected chi connectivity index (χ2v) is 9.80. The van der Waals surface area contributed by atoms with E-state index in [0.717, 1.165) is 34.1 Å². The number of aromatic hydroxyl groups is 2. The third-order valence-corrected chi connectivity index (χ3v) is 7.61. The van der Waals surface area contributed by atoms with Gasteiger partial charge in [0, 0.05) is 6.54 Å². The number of hydrogen-bond donors (Lipinski definition) is 2. The average molecular weight is 464 g/mol. The number of hydrogen-bond acceptors (Lipinski definition) is 6. The predicted octanol–water partition coefficient (Wildman–Crippen LogP) is 5.93. The number of ether oxygens (including phenoxy) is 2. The first-order chi connectivity index (χ1) is 16.2. The number of phenols is 2. The van der Waals surface area contributed by atoms with Crippen molar-refractivity contribution in [3.05, 3.63) is 77.9 Å². The molecule has 1 fully saturated rings. The van der Waals surface area contributed by atoms with Gasteiger partial charge in [-0.1, -0.05) is 30.7 Å². The van der Waals surface area contributed by atoms with E-state index in [2.05, 4.69) is 17.0 Å². The lowest BCUT2D eigenvalue weighted by molar-refractivity contribution is 0.182. The largest absolute Gasteiger partial charge is 0.508 e. The topological polar surface area (TPSA) is 62.2 Å². The van der Waals surface area contributed by atoms with Crippen molar-refractivity contribution in [2.45, 2.75) is 35.5 Å². The van der Waals surface area contributed by atoms with E-state index in [-0.39, 0.29) is 22.9 Å². The molecule has 0 spiro atoms. The predicted molar refractivity (Wildman–Crippen MR) is 130 cm³/mol. The molecule has 5 nitrogen and oxygen atoms in total. The SMILES string of the molecule is Oc1ccc([C@@H]2Sc3cc(O)ccc3O[C@H]2c2ccc(OCCN3CCCCC3)cc2)cc1. The fourth-order valence-corrected chi connectivity index (χ4v) is 5.79. The number of thioether (sulfide) groups is 1. The Labute approximate surface area is 199 Å². The lowest BCUT2D eigenvalue weighted by atomic mass is 10.00. The summed E-state index contributed by atoms with van der Waals surface area (Å²) < 4.78 is 12.4. The van der Waals surface area contributed by atoms with Crippen molar-refractivity contribution < 1.29 is 19.7 Å². The molecule has 0 amide bonds. The molecule has 0 unspecified atom stereocenters. The van der Waals surface area contributed by atoms with Gasteiger partial charge in [-0.2, -0.15) is 0 Å². The van der Waals surface area contributed by atoms with E-state index in [1.54, 1.807) is 36.0 Å². The number of rotatable bonds is 6. The van der Waals surface area contributed by atoms with Crippen molar-refractivity contribution in [2.75, 3.05) is 26.2 Å². The highest BCUT2D eigenvalue weighted by Crippen LogP contribution is 2.54. The van der Waals surface area contributed by atoms with Gasteiger partial charge in [-0.05, 0) is 79.5 Å².